The highest BCUT2D eigenvalue weighted by atomic mass is 35.5. The van der Waals surface area contributed by atoms with Gasteiger partial charge < -0.3 is 4.74 Å². The van der Waals surface area contributed by atoms with E-state index in [4.69, 9.17) is 28.6 Å². The molecule has 6 heteroatoms. The minimum atomic E-state index is -0.399. The number of hydrogen-bond donors (Lipinski definition) is 0. The summed E-state index contributed by atoms with van der Waals surface area (Å²) in [7, 11) is 0. The standard InChI is InChI=1S/C15H10ClNO2S2/c16-11-7-5-10(6-8-11)14(18)19-9-17-12-3-1-2-4-13(12)21-15(17)20/h1-8H,9H2. The Balaban J connectivity index is 1.80. The number of fused-ring (bicyclic) bond motifs is 1. The molecule has 0 aliphatic carbocycles. The van der Waals surface area contributed by atoms with Gasteiger partial charge in [0.25, 0.3) is 0 Å². The van der Waals surface area contributed by atoms with Crippen molar-refractivity contribution in [3.05, 3.63) is 63.1 Å². The fourth-order valence-electron chi connectivity index (χ4n) is 1.93. The molecule has 0 fully saturated rings. The molecule has 106 valence electrons. The molecule has 21 heavy (non-hydrogen) atoms. The molecule has 0 atom stereocenters. The number of thiazole rings is 1. The van der Waals surface area contributed by atoms with Gasteiger partial charge >= 0.3 is 5.97 Å². The van der Waals surface area contributed by atoms with Crippen LogP contribution in [0.15, 0.2) is 48.5 Å². The summed E-state index contributed by atoms with van der Waals surface area (Å²) in [6.45, 7) is 0.101. The van der Waals surface area contributed by atoms with Crippen LogP contribution in [0, 0.1) is 3.95 Å². The molecule has 3 aromatic rings. The number of para-hydroxylation sites is 1. The fourth-order valence-corrected chi connectivity index (χ4v) is 3.35. The predicted molar refractivity (Wildman–Crippen MR) is 87.5 cm³/mol. The zero-order valence-electron chi connectivity index (χ0n) is 10.8. The van der Waals surface area contributed by atoms with E-state index in [0.717, 1.165) is 10.2 Å². The minimum Gasteiger partial charge on any atom is -0.440 e. The van der Waals surface area contributed by atoms with Crippen LogP contribution in [0.1, 0.15) is 10.4 Å². The molecule has 0 saturated carbocycles. The first kappa shape index (κ1) is 14.3. The summed E-state index contributed by atoms with van der Waals surface area (Å²) in [5.74, 6) is -0.399. The predicted octanol–water partition coefficient (Wildman–Crippen LogP) is 4.90. The monoisotopic (exact) mass is 335 g/mol. The fraction of sp³-hybridized carbons (Fsp3) is 0.0667. The van der Waals surface area contributed by atoms with Crippen molar-refractivity contribution in [2.45, 2.75) is 6.73 Å². The van der Waals surface area contributed by atoms with Crippen LogP contribution in [0.4, 0.5) is 0 Å². The summed E-state index contributed by atoms with van der Waals surface area (Å²) in [6, 6.07) is 14.4. The number of ether oxygens (including phenoxy) is 1. The molecule has 0 aliphatic rings. The molecule has 0 spiro atoms. The lowest BCUT2D eigenvalue weighted by molar-refractivity contribution is 0.0378. The number of benzene rings is 2. The second-order valence-electron chi connectivity index (χ2n) is 4.33. The van der Waals surface area contributed by atoms with Crippen molar-refractivity contribution < 1.29 is 9.53 Å². The zero-order chi connectivity index (χ0) is 14.8. The van der Waals surface area contributed by atoms with Gasteiger partial charge in [0.05, 0.1) is 15.8 Å². The van der Waals surface area contributed by atoms with Crippen molar-refractivity contribution >= 4 is 51.3 Å². The Morgan fingerprint density at radius 3 is 2.67 bits per heavy atom. The van der Waals surface area contributed by atoms with Crippen LogP contribution in [0.5, 0.6) is 0 Å². The Labute approximate surface area is 135 Å². The SMILES string of the molecule is O=C(OCn1c(=S)sc2ccccc21)c1ccc(Cl)cc1. The molecule has 0 amide bonds. The highest BCUT2D eigenvalue weighted by molar-refractivity contribution is 7.73. The number of carbonyl (C=O) groups excluding carboxylic acids is 1. The number of esters is 1. The molecule has 2 aromatic carbocycles. The van der Waals surface area contributed by atoms with Gasteiger partial charge in [-0.1, -0.05) is 23.7 Å². The van der Waals surface area contributed by atoms with Crippen LogP contribution >= 0.6 is 35.2 Å². The van der Waals surface area contributed by atoms with Crippen molar-refractivity contribution in [1.82, 2.24) is 4.57 Å². The highest BCUT2D eigenvalue weighted by Gasteiger charge is 2.09. The molecule has 0 saturated heterocycles. The summed E-state index contributed by atoms with van der Waals surface area (Å²) in [5.41, 5.74) is 1.43. The maximum Gasteiger partial charge on any atom is 0.339 e. The average molecular weight is 336 g/mol. The Bertz CT molecular complexity index is 852. The molecule has 3 rings (SSSR count). The van der Waals surface area contributed by atoms with E-state index in [2.05, 4.69) is 0 Å². The van der Waals surface area contributed by atoms with Crippen LogP contribution in [0.25, 0.3) is 10.2 Å². The molecular weight excluding hydrogens is 326 g/mol. The lowest BCUT2D eigenvalue weighted by Crippen LogP contribution is -2.09. The van der Waals surface area contributed by atoms with E-state index in [-0.39, 0.29) is 6.73 Å². The summed E-state index contributed by atoms with van der Waals surface area (Å²) < 4.78 is 8.89. The van der Waals surface area contributed by atoms with Crippen LogP contribution in [-0.2, 0) is 11.5 Å². The van der Waals surface area contributed by atoms with Crippen LogP contribution in [0.2, 0.25) is 5.02 Å². The first-order valence-corrected chi connectivity index (χ1v) is 7.76. The topological polar surface area (TPSA) is 31.2 Å². The number of nitrogens with zero attached hydrogens (tertiary/aromatic N) is 1. The number of rotatable bonds is 3. The summed E-state index contributed by atoms with van der Waals surface area (Å²) in [5, 5.41) is 0.581. The van der Waals surface area contributed by atoms with Gasteiger partial charge in [0.2, 0.25) is 0 Å². The van der Waals surface area contributed by atoms with Gasteiger partial charge in [-0.2, -0.15) is 0 Å². The molecule has 0 aliphatic heterocycles. The molecule has 0 unspecified atom stereocenters. The Morgan fingerprint density at radius 2 is 1.90 bits per heavy atom. The maximum absolute atomic E-state index is 12.0. The quantitative estimate of drug-likeness (QED) is 0.504. The van der Waals surface area contributed by atoms with Gasteiger partial charge in [-0.3, -0.25) is 4.57 Å². The smallest absolute Gasteiger partial charge is 0.339 e. The third-order valence-corrected chi connectivity index (χ3v) is 4.66. The lowest BCUT2D eigenvalue weighted by atomic mass is 10.2. The summed E-state index contributed by atoms with van der Waals surface area (Å²) >= 11 is 12.6. The summed E-state index contributed by atoms with van der Waals surface area (Å²) in [6.07, 6.45) is 0. The normalized spacial score (nSPS) is 10.7. The molecule has 0 bridgehead atoms. The Kier molecular flexibility index (Phi) is 4.05. The molecule has 1 heterocycles. The number of hydrogen-bond acceptors (Lipinski definition) is 4. The van der Waals surface area contributed by atoms with Crippen molar-refractivity contribution in [3.63, 3.8) is 0 Å². The summed E-state index contributed by atoms with van der Waals surface area (Å²) in [4.78, 5) is 12.0. The Hall–Kier alpha value is -1.69. The van der Waals surface area contributed by atoms with Crippen molar-refractivity contribution in [2.75, 3.05) is 0 Å². The average Bonchev–Trinajstić information content (AvgIpc) is 2.81. The van der Waals surface area contributed by atoms with Crippen LogP contribution in [-0.4, -0.2) is 10.5 Å². The highest BCUT2D eigenvalue weighted by Crippen LogP contribution is 2.23. The lowest BCUT2D eigenvalue weighted by Gasteiger charge is -2.07. The van der Waals surface area contributed by atoms with Gasteiger partial charge in [-0.25, -0.2) is 4.79 Å². The zero-order valence-corrected chi connectivity index (χ0v) is 13.2. The second-order valence-corrected chi connectivity index (χ2v) is 6.44. The van der Waals surface area contributed by atoms with Gasteiger partial charge in [-0.05, 0) is 48.6 Å². The van der Waals surface area contributed by atoms with E-state index < -0.39 is 5.97 Å². The van der Waals surface area contributed by atoms with Crippen molar-refractivity contribution in [1.29, 1.82) is 0 Å². The van der Waals surface area contributed by atoms with Gasteiger partial charge in [-0.15, -0.1) is 11.3 Å². The van der Waals surface area contributed by atoms with E-state index in [0.29, 0.717) is 14.5 Å². The molecular formula is C15H10ClNO2S2. The van der Waals surface area contributed by atoms with Gasteiger partial charge in [0.15, 0.2) is 10.7 Å². The molecule has 0 radical (unpaired) electrons. The molecule has 1 aromatic heterocycles. The second kappa shape index (κ2) is 5.97. The third-order valence-electron chi connectivity index (χ3n) is 2.98. The number of halogens is 1. The molecule has 0 N–H and O–H groups in total. The minimum absolute atomic E-state index is 0.101. The van der Waals surface area contributed by atoms with Crippen LogP contribution < -0.4 is 0 Å². The van der Waals surface area contributed by atoms with Crippen LogP contribution in [0.3, 0.4) is 0 Å². The van der Waals surface area contributed by atoms with E-state index in [9.17, 15) is 4.79 Å². The number of aromatic nitrogens is 1. The molecule has 3 nitrogen and oxygen atoms in total. The van der Waals surface area contributed by atoms with Crippen molar-refractivity contribution in [3.8, 4) is 0 Å². The largest absolute Gasteiger partial charge is 0.440 e. The van der Waals surface area contributed by atoms with E-state index in [1.54, 1.807) is 24.3 Å². The van der Waals surface area contributed by atoms with Gasteiger partial charge in [0, 0.05) is 5.02 Å². The van der Waals surface area contributed by atoms with E-state index in [1.165, 1.54) is 11.3 Å². The van der Waals surface area contributed by atoms with E-state index >= 15 is 0 Å². The van der Waals surface area contributed by atoms with Crippen molar-refractivity contribution in [2.24, 2.45) is 0 Å². The first-order valence-electron chi connectivity index (χ1n) is 6.16. The maximum atomic E-state index is 12.0. The Morgan fingerprint density at radius 1 is 1.19 bits per heavy atom. The third kappa shape index (κ3) is 3.00. The van der Waals surface area contributed by atoms with E-state index in [1.807, 2.05) is 28.8 Å². The first-order chi connectivity index (χ1) is 10.1. The number of carbonyl (C=O) groups is 1. The van der Waals surface area contributed by atoms with Gasteiger partial charge in [0.1, 0.15) is 0 Å².